The molecule has 2 fully saturated rings. The highest BCUT2D eigenvalue weighted by Gasteiger charge is 2.44. The molecule has 4 unspecified atom stereocenters. The first-order chi connectivity index (χ1) is 17.0. The second-order valence-electron chi connectivity index (χ2n) is 8.81. The number of hydrogen-bond acceptors (Lipinski definition) is 11. The van der Waals surface area contributed by atoms with Gasteiger partial charge in [0.1, 0.15) is 29.6 Å². The third-order valence-electron chi connectivity index (χ3n) is 6.52. The standard InChI is InChI=1S/C22H29N7O6/c1-2-34-22(33)12-8-24-28-14(12)18-26-19(25-11-6-4-3-5-7-11)15-20(27-18)29(10-23-15)21-17(32)16(31)13(9-30)35-21/h8,10-11,13,16-17,21,30-32H,2-7,9H2,1H3,(H,24,28)(H,25,26,27). The molecule has 4 atom stereocenters. The Morgan fingerprint density at radius 1 is 1.26 bits per heavy atom. The second kappa shape index (κ2) is 9.85. The van der Waals surface area contributed by atoms with E-state index in [2.05, 4.69) is 30.5 Å². The van der Waals surface area contributed by atoms with Crippen molar-refractivity contribution in [1.29, 1.82) is 0 Å². The summed E-state index contributed by atoms with van der Waals surface area (Å²) >= 11 is 0. The molecule has 0 amide bonds. The van der Waals surface area contributed by atoms with Gasteiger partial charge >= 0.3 is 5.97 Å². The molecule has 1 saturated heterocycles. The highest BCUT2D eigenvalue weighted by atomic mass is 16.6. The summed E-state index contributed by atoms with van der Waals surface area (Å²) in [4.78, 5) is 26.2. The number of nitrogens with one attached hydrogen (secondary N) is 2. The fraction of sp³-hybridized carbons (Fsp3) is 0.591. The minimum atomic E-state index is -1.31. The van der Waals surface area contributed by atoms with Crippen molar-refractivity contribution in [3.63, 3.8) is 0 Å². The molecule has 5 rings (SSSR count). The number of ether oxygens (including phenoxy) is 2. The van der Waals surface area contributed by atoms with E-state index < -0.39 is 37.1 Å². The molecule has 188 valence electrons. The van der Waals surface area contributed by atoms with Crippen molar-refractivity contribution in [2.75, 3.05) is 18.5 Å². The van der Waals surface area contributed by atoms with Crippen LogP contribution in [0.4, 0.5) is 5.82 Å². The Kier molecular flexibility index (Phi) is 6.65. The minimum absolute atomic E-state index is 0.185. The van der Waals surface area contributed by atoms with Crippen molar-refractivity contribution in [3.8, 4) is 11.5 Å². The predicted molar refractivity (Wildman–Crippen MR) is 122 cm³/mol. The summed E-state index contributed by atoms with van der Waals surface area (Å²) in [5.41, 5.74) is 1.25. The van der Waals surface area contributed by atoms with E-state index >= 15 is 0 Å². The molecule has 2 aliphatic rings. The van der Waals surface area contributed by atoms with Gasteiger partial charge < -0.3 is 30.1 Å². The lowest BCUT2D eigenvalue weighted by atomic mass is 9.95. The Morgan fingerprint density at radius 2 is 2.06 bits per heavy atom. The normalized spacial score (nSPS) is 25.3. The van der Waals surface area contributed by atoms with Gasteiger partial charge in [-0.25, -0.2) is 19.7 Å². The molecule has 1 saturated carbocycles. The summed E-state index contributed by atoms with van der Waals surface area (Å²) in [6.45, 7) is 1.47. The third-order valence-corrected chi connectivity index (χ3v) is 6.52. The number of carbonyl (C=O) groups excluding carboxylic acids is 1. The van der Waals surface area contributed by atoms with Crippen LogP contribution in [0, 0.1) is 0 Å². The number of aliphatic hydroxyl groups is 3. The molecule has 0 aromatic carbocycles. The number of anilines is 1. The summed E-state index contributed by atoms with van der Waals surface area (Å²) in [6.07, 6.45) is 3.68. The van der Waals surface area contributed by atoms with Crippen molar-refractivity contribution in [1.82, 2.24) is 29.7 Å². The highest BCUT2D eigenvalue weighted by Crippen LogP contribution is 2.34. The maximum absolute atomic E-state index is 12.5. The number of imidazole rings is 1. The molecule has 0 bridgehead atoms. The molecule has 13 nitrogen and oxygen atoms in total. The van der Waals surface area contributed by atoms with Crippen molar-refractivity contribution < 1.29 is 29.6 Å². The summed E-state index contributed by atoms with van der Waals surface area (Å²) in [7, 11) is 0. The molecule has 35 heavy (non-hydrogen) atoms. The lowest BCUT2D eigenvalue weighted by Gasteiger charge is -2.23. The van der Waals surface area contributed by atoms with E-state index in [1.807, 2.05) is 0 Å². The average molecular weight is 488 g/mol. The van der Waals surface area contributed by atoms with Crippen molar-refractivity contribution >= 4 is 23.0 Å². The number of carbonyl (C=O) groups is 1. The van der Waals surface area contributed by atoms with E-state index in [1.54, 1.807) is 6.92 Å². The maximum Gasteiger partial charge on any atom is 0.342 e. The van der Waals surface area contributed by atoms with Crippen LogP contribution in [-0.2, 0) is 9.47 Å². The first-order valence-electron chi connectivity index (χ1n) is 11.9. The molecule has 1 aliphatic carbocycles. The topological polar surface area (TPSA) is 181 Å². The Morgan fingerprint density at radius 3 is 2.77 bits per heavy atom. The SMILES string of the molecule is CCOC(=O)c1cn[nH]c1-c1nc(NC2CCCCC2)c2ncn(C3OC(CO)C(O)C3O)c2n1. The van der Waals surface area contributed by atoms with Crippen LogP contribution in [0.3, 0.4) is 0 Å². The number of aliphatic hydroxyl groups excluding tert-OH is 3. The number of esters is 1. The van der Waals surface area contributed by atoms with Crippen LogP contribution in [0.1, 0.15) is 55.6 Å². The van der Waals surface area contributed by atoms with Gasteiger partial charge in [-0.05, 0) is 19.8 Å². The van der Waals surface area contributed by atoms with Gasteiger partial charge in [0.25, 0.3) is 0 Å². The summed E-state index contributed by atoms with van der Waals surface area (Å²) in [5, 5.41) is 40.6. The number of aromatic amines is 1. The van der Waals surface area contributed by atoms with Gasteiger partial charge in [-0.1, -0.05) is 19.3 Å². The first-order valence-corrected chi connectivity index (χ1v) is 11.9. The van der Waals surface area contributed by atoms with Crippen LogP contribution in [0.5, 0.6) is 0 Å². The van der Waals surface area contributed by atoms with Crippen LogP contribution in [-0.4, -0.2) is 88.6 Å². The second-order valence-corrected chi connectivity index (χ2v) is 8.81. The van der Waals surface area contributed by atoms with Crippen LogP contribution in [0.15, 0.2) is 12.5 Å². The summed E-state index contributed by atoms with van der Waals surface area (Å²) in [5.74, 6) is 0.107. The fourth-order valence-electron chi connectivity index (χ4n) is 4.69. The molecule has 0 radical (unpaired) electrons. The number of H-pyrrole nitrogens is 1. The molecular formula is C22H29N7O6. The van der Waals surface area contributed by atoms with Crippen molar-refractivity contribution in [3.05, 3.63) is 18.1 Å². The number of nitrogens with zero attached hydrogens (tertiary/aromatic N) is 5. The lowest BCUT2D eigenvalue weighted by Crippen LogP contribution is -2.33. The van der Waals surface area contributed by atoms with E-state index in [1.165, 1.54) is 23.5 Å². The Labute approximate surface area is 200 Å². The smallest absolute Gasteiger partial charge is 0.342 e. The van der Waals surface area contributed by atoms with Gasteiger partial charge in [0, 0.05) is 6.04 Å². The van der Waals surface area contributed by atoms with Gasteiger partial charge in [-0.15, -0.1) is 0 Å². The molecular weight excluding hydrogens is 458 g/mol. The molecule has 3 aromatic rings. The zero-order chi connectivity index (χ0) is 24.5. The monoisotopic (exact) mass is 487 g/mol. The predicted octanol–water partition coefficient (Wildman–Crippen LogP) is 0.749. The average Bonchev–Trinajstić information content (AvgIpc) is 3.58. The Hall–Kier alpha value is -3.13. The van der Waals surface area contributed by atoms with Crippen molar-refractivity contribution in [2.45, 2.75) is 69.6 Å². The van der Waals surface area contributed by atoms with E-state index in [9.17, 15) is 20.1 Å². The molecule has 4 heterocycles. The quantitative estimate of drug-likeness (QED) is 0.297. The minimum Gasteiger partial charge on any atom is -0.462 e. The highest BCUT2D eigenvalue weighted by molar-refractivity contribution is 5.96. The molecule has 3 aromatic heterocycles. The van der Waals surface area contributed by atoms with Crippen LogP contribution in [0.2, 0.25) is 0 Å². The maximum atomic E-state index is 12.5. The fourth-order valence-corrected chi connectivity index (χ4v) is 4.69. The van der Waals surface area contributed by atoms with Gasteiger partial charge in [0.2, 0.25) is 0 Å². The zero-order valence-electron chi connectivity index (χ0n) is 19.3. The van der Waals surface area contributed by atoms with Gasteiger partial charge in [-0.3, -0.25) is 9.67 Å². The van der Waals surface area contributed by atoms with Crippen LogP contribution < -0.4 is 5.32 Å². The Balaban J connectivity index is 1.61. The van der Waals surface area contributed by atoms with Gasteiger partial charge in [0.15, 0.2) is 29.0 Å². The lowest BCUT2D eigenvalue weighted by molar-refractivity contribution is -0.0511. The molecule has 1 aliphatic heterocycles. The summed E-state index contributed by atoms with van der Waals surface area (Å²) < 4.78 is 12.3. The molecule has 0 spiro atoms. The number of fused-ring (bicyclic) bond motifs is 1. The van der Waals surface area contributed by atoms with Gasteiger partial charge in [-0.2, -0.15) is 5.10 Å². The van der Waals surface area contributed by atoms with E-state index in [0.29, 0.717) is 17.0 Å². The van der Waals surface area contributed by atoms with E-state index in [4.69, 9.17) is 9.47 Å². The third kappa shape index (κ3) is 4.35. The zero-order valence-corrected chi connectivity index (χ0v) is 19.3. The number of rotatable bonds is 7. The van der Waals surface area contributed by atoms with Crippen LogP contribution in [0.25, 0.3) is 22.7 Å². The Bertz CT molecular complexity index is 1190. The van der Waals surface area contributed by atoms with Gasteiger partial charge in [0.05, 0.1) is 25.7 Å². The molecule has 5 N–H and O–H groups in total. The molecule has 13 heteroatoms. The first kappa shape index (κ1) is 23.6. The largest absolute Gasteiger partial charge is 0.462 e. The number of hydrogen-bond donors (Lipinski definition) is 5. The van der Waals surface area contributed by atoms with E-state index in [0.717, 1.165) is 25.7 Å². The van der Waals surface area contributed by atoms with E-state index in [-0.39, 0.29) is 29.7 Å². The number of aromatic nitrogens is 6. The summed E-state index contributed by atoms with van der Waals surface area (Å²) in [6, 6.07) is 0.208. The van der Waals surface area contributed by atoms with Crippen molar-refractivity contribution in [2.24, 2.45) is 0 Å². The van der Waals surface area contributed by atoms with Crippen LogP contribution >= 0.6 is 0 Å².